The van der Waals surface area contributed by atoms with E-state index in [0.29, 0.717) is 5.92 Å². The summed E-state index contributed by atoms with van der Waals surface area (Å²) in [5.74, 6) is 1.26. The highest BCUT2D eigenvalue weighted by molar-refractivity contribution is 5.45. The third-order valence-corrected chi connectivity index (χ3v) is 3.51. The standard InChI is InChI=1S/C13H16FN3/c14-12-3-1-2-11-9-16-13(17(11)12)8-10-4-6-15-7-5-10/h1-3,9-10,15H,4-8H2. The Morgan fingerprint density at radius 2 is 2.18 bits per heavy atom. The highest BCUT2D eigenvalue weighted by Gasteiger charge is 2.17. The van der Waals surface area contributed by atoms with Crippen molar-refractivity contribution >= 4 is 5.52 Å². The van der Waals surface area contributed by atoms with Gasteiger partial charge in [-0.3, -0.25) is 4.40 Å². The predicted octanol–water partition coefficient (Wildman–Crippen LogP) is 2.02. The Labute approximate surface area is 99.7 Å². The number of nitrogens with zero attached hydrogens (tertiary/aromatic N) is 2. The number of hydrogen-bond acceptors (Lipinski definition) is 2. The Morgan fingerprint density at radius 1 is 1.35 bits per heavy atom. The largest absolute Gasteiger partial charge is 0.317 e. The van der Waals surface area contributed by atoms with E-state index in [9.17, 15) is 4.39 Å². The zero-order valence-electron chi connectivity index (χ0n) is 9.69. The normalized spacial score (nSPS) is 17.7. The molecular weight excluding hydrogens is 217 g/mol. The summed E-state index contributed by atoms with van der Waals surface area (Å²) < 4.78 is 15.4. The number of imidazole rings is 1. The summed E-state index contributed by atoms with van der Waals surface area (Å²) in [6.07, 6.45) is 4.93. The van der Waals surface area contributed by atoms with Crippen LogP contribution in [0.5, 0.6) is 0 Å². The molecule has 0 atom stereocenters. The predicted molar refractivity (Wildman–Crippen MR) is 64.4 cm³/mol. The molecule has 3 heterocycles. The van der Waals surface area contributed by atoms with Crippen molar-refractivity contribution in [3.05, 3.63) is 36.2 Å². The number of pyridine rings is 1. The van der Waals surface area contributed by atoms with Crippen LogP contribution in [0.1, 0.15) is 18.7 Å². The fourth-order valence-electron chi connectivity index (χ4n) is 2.56. The molecule has 0 radical (unpaired) electrons. The molecule has 0 spiro atoms. The lowest BCUT2D eigenvalue weighted by Crippen LogP contribution is -2.29. The van der Waals surface area contributed by atoms with E-state index in [0.717, 1.165) is 43.7 Å². The molecule has 1 N–H and O–H groups in total. The van der Waals surface area contributed by atoms with Crippen molar-refractivity contribution < 1.29 is 4.39 Å². The van der Waals surface area contributed by atoms with Crippen molar-refractivity contribution in [2.75, 3.05) is 13.1 Å². The lowest BCUT2D eigenvalue weighted by molar-refractivity contribution is 0.365. The first-order valence-electron chi connectivity index (χ1n) is 6.16. The van der Waals surface area contributed by atoms with Crippen molar-refractivity contribution in [1.82, 2.24) is 14.7 Å². The molecule has 2 aromatic rings. The second-order valence-electron chi connectivity index (χ2n) is 4.68. The average molecular weight is 233 g/mol. The maximum atomic E-state index is 13.7. The molecule has 1 aliphatic rings. The van der Waals surface area contributed by atoms with Gasteiger partial charge in [0.1, 0.15) is 5.82 Å². The molecule has 0 aliphatic carbocycles. The number of halogens is 1. The molecule has 3 rings (SSSR count). The molecule has 90 valence electrons. The van der Waals surface area contributed by atoms with Crippen LogP contribution in [-0.4, -0.2) is 22.5 Å². The summed E-state index contributed by atoms with van der Waals surface area (Å²) >= 11 is 0. The number of aromatic nitrogens is 2. The lowest BCUT2D eigenvalue weighted by Gasteiger charge is -2.21. The van der Waals surface area contributed by atoms with E-state index >= 15 is 0 Å². The highest BCUT2D eigenvalue weighted by atomic mass is 19.1. The first kappa shape index (κ1) is 10.7. The van der Waals surface area contributed by atoms with Crippen LogP contribution in [0.3, 0.4) is 0 Å². The van der Waals surface area contributed by atoms with Crippen LogP contribution in [0.2, 0.25) is 0 Å². The van der Waals surface area contributed by atoms with Crippen LogP contribution in [0.15, 0.2) is 24.4 Å². The van der Waals surface area contributed by atoms with Gasteiger partial charge in [0.15, 0.2) is 5.95 Å². The molecular formula is C13H16FN3. The van der Waals surface area contributed by atoms with Gasteiger partial charge in [-0.1, -0.05) is 6.07 Å². The van der Waals surface area contributed by atoms with Gasteiger partial charge in [0.25, 0.3) is 0 Å². The van der Waals surface area contributed by atoms with E-state index in [4.69, 9.17) is 0 Å². The molecule has 0 bridgehead atoms. The van der Waals surface area contributed by atoms with Gasteiger partial charge in [-0.25, -0.2) is 4.98 Å². The SMILES string of the molecule is Fc1cccc2cnc(CC3CCNCC3)n12. The Morgan fingerprint density at radius 3 is 3.00 bits per heavy atom. The van der Waals surface area contributed by atoms with Gasteiger partial charge >= 0.3 is 0 Å². The maximum absolute atomic E-state index is 13.7. The minimum atomic E-state index is -0.219. The van der Waals surface area contributed by atoms with Gasteiger partial charge in [0, 0.05) is 6.42 Å². The number of nitrogens with one attached hydrogen (secondary N) is 1. The second-order valence-corrected chi connectivity index (χ2v) is 4.68. The molecule has 4 heteroatoms. The Hall–Kier alpha value is -1.42. The smallest absolute Gasteiger partial charge is 0.199 e. The third kappa shape index (κ3) is 2.05. The van der Waals surface area contributed by atoms with Crippen LogP contribution < -0.4 is 5.32 Å². The highest BCUT2D eigenvalue weighted by Crippen LogP contribution is 2.19. The number of hydrogen-bond donors (Lipinski definition) is 1. The first-order chi connectivity index (χ1) is 8.34. The Kier molecular flexibility index (Phi) is 2.81. The van der Waals surface area contributed by atoms with Gasteiger partial charge in [-0.15, -0.1) is 0 Å². The Bertz CT molecular complexity index is 514. The van der Waals surface area contributed by atoms with Crippen LogP contribution in [0.25, 0.3) is 5.52 Å². The lowest BCUT2D eigenvalue weighted by atomic mass is 9.94. The summed E-state index contributed by atoms with van der Waals surface area (Å²) in [6.45, 7) is 2.13. The number of piperidine rings is 1. The van der Waals surface area contributed by atoms with Crippen molar-refractivity contribution in [2.45, 2.75) is 19.3 Å². The molecule has 2 aromatic heterocycles. The molecule has 1 saturated heterocycles. The fraction of sp³-hybridized carbons (Fsp3) is 0.462. The van der Waals surface area contributed by atoms with Crippen molar-refractivity contribution in [3.63, 3.8) is 0 Å². The average Bonchev–Trinajstić information content (AvgIpc) is 2.75. The summed E-state index contributed by atoms with van der Waals surface area (Å²) in [4.78, 5) is 4.35. The van der Waals surface area contributed by atoms with Crippen LogP contribution in [0.4, 0.5) is 4.39 Å². The maximum Gasteiger partial charge on any atom is 0.199 e. The van der Waals surface area contributed by atoms with E-state index < -0.39 is 0 Å². The first-order valence-corrected chi connectivity index (χ1v) is 6.16. The van der Waals surface area contributed by atoms with E-state index in [-0.39, 0.29) is 5.95 Å². The quantitative estimate of drug-likeness (QED) is 0.804. The molecule has 17 heavy (non-hydrogen) atoms. The minimum Gasteiger partial charge on any atom is -0.317 e. The zero-order valence-corrected chi connectivity index (χ0v) is 9.69. The molecule has 0 amide bonds. The van der Waals surface area contributed by atoms with Gasteiger partial charge in [0.2, 0.25) is 0 Å². The summed E-state index contributed by atoms with van der Waals surface area (Å²) in [5, 5.41) is 3.34. The molecule has 0 unspecified atom stereocenters. The van der Waals surface area contributed by atoms with Crippen molar-refractivity contribution in [3.8, 4) is 0 Å². The molecule has 1 fully saturated rings. The van der Waals surface area contributed by atoms with Crippen molar-refractivity contribution in [2.24, 2.45) is 5.92 Å². The summed E-state index contributed by atoms with van der Waals surface area (Å²) in [7, 11) is 0. The molecule has 0 aromatic carbocycles. The van der Waals surface area contributed by atoms with Gasteiger partial charge < -0.3 is 5.32 Å². The van der Waals surface area contributed by atoms with Crippen LogP contribution in [-0.2, 0) is 6.42 Å². The Balaban J connectivity index is 1.89. The third-order valence-electron chi connectivity index (χ3n) is 3.51. The van der Waals surface area contributed by atoms with Crippen LogP contribution in [0, 0.1) is 11.9 Å². The topological polar surface area (TPSA) is 29.3 Å². The van der Waals surface area contributed by atoms with Crippen molar-refractivity contribution in [1.29, 1.82) is 0 Å². The second kappa shape index (κ2) is 4.45. The monoisotopic (exact) mass is 233 g/mol. The minimum absolute atomic E-state index is 0.219. The fourth-order valence-corrected chi connectivity index (χ4v) is 2.56. The van der Waals surface area contributed by atoms with E-state index in [1.54, 1.807) is 16.7 Å². The van der Waals surface area contributed by atoms with E-state index in [1.165, 1.54) is 6.07 Å². The van der Waals surface area contributed by atoms with Gasteiger partial charge in [0.05, 0.1) is 11.7 Å². The molecule has 0 saturated carbocycles. The zero-order chi connectivity index (χ0) is 11.7. The van der Waals surface area contributed by atoms with E-state index in [1.807, 2.05) is 6.07 Å². The van der Waals surface area contributed by atoms with Gasteiger partial charge in [-0.05, 0) is 44.0 Å². The van der Waals surface area contributed by atoms with E-state index in [2.05, 4.69) is 10.3 Å². The number of fused-ring (bicyclic) bond motifs is 1. The summed E-state index contributed by atoms with van der Waals surface area (Å²) in [6, 6.07) is 5.10. The van der Waals surface area contributed by atoms with Gasteiger partial charge in [-0.2, -0.15) is 4.39 Å². The summed E-state index contributed by atoms with van der Waals surface area (Å²) in [5.41, 5.74) is 0.842. The molecule has 1 aliphatic heterocycles. The molecule has 3 nitrogen and oxygen atoms in total. The van der Waals surface area contributed by atoms with Crippen LogP contribution >= 0.6 is 0 Å². The number of rotatable bonds is 2.